The van der Waals surface area contributed by atoms with Crippen LogP contribution in [0.5, 0.6) is 0 Å². The highest BCUT2D eigenvalue weighted by molar-refractivity contribution is 6.10. The average Bonchev–Trinajstić information content (AvgIpc) is 3.16. The first kappa shape index (κ1) is 17.0. The highest BCUT2D eigenvalue weighted by atomic mass is 16.2. The van der Waals surface area contributed by atoms with Crippen LogP contribution in [0.25, 0.3) is 0 Å². The van der Waals surface area contributed by atoms with Crippen molar-refractivity contribution < 1.29 is 9.59 Å². The second kappa shape index (κ2) is 6.20. The number of imide groups is 1. The lowest BCUT2D eigenvalue weighted by molar-refractivity contribution is -0.137. The molecule has 0 radical (unpaired) electrons. The number of hydrogen-bond donors (Lipinski definition) is 0. The fourth-order valence-electron chi connectivity index (χ4n) is 3.37. The van der Waals surface area contributed by atoms with Gasteiger partial charge in [-0.3, -0.25) is 14.5 Å². The van der Waals surface area contributed by atoms with Gasteiger partial charge in [-0.15, -0.1) is 0 Å². The molecule has 1 aliphatic rings. The van der Waals surface area contributed by atoms with E-state index < -0.39 is 17.7 Å². The molecule has 3 rings (SSSR count). The molecule has 126 valence electrons. The number of aromatic nitrogens is 1. The molecule has 0 N–H and O–H groups in total. The molecular formula is C19H13N5O2. The number of amides is 2. The molecule has 0 spiro atoms. The van der Waals surface area contributed by atoms with Crippen molar-refractivity contribution in [2.24, 2.45) is 7.05 Å². The number of likely N-dealkylation sites (tertiary alicyclic amines) is 1. The Balaban J connectivity index is 2.27. The van der Waals surface area contributed by atoms with E-state index in [0.717, 1.165) is 4.90 Å². The largest absolute Gasteiger partial charge is 0.354 e. The Morgan fingerprint density at radius 2 is 1.46 bits per heavy atom. The number of nitriles is 3. The quantitative estimate of drug-likeness (QED) is 0.767. The van der Waals surface area contributed by atoms with E-state index in [1.807, 2.05) is 18.2 Å². The second-order valence-electron chi connectivity index (χ2n) is 6.06. The van der Waals surface area contributed by atoms with Gasteiger partial charge in [0.15, 0.2) is 0 Å². The van der Waals surface area contributed by atoms with E-state index in [4.69, 9.17) is 5.26 Å². The Hall–Kier alpha value is -3.89. The summed E-state index contributed by atoms with van der Waals surface area (Å²) < 4.78 is 1.75. The van der Waals surface area contributed by atoms with E-state index in [0.29, 0.717) is 5.69 Å². The van der Waals surface area contributed by atoms with Crippen LogP contribution in [0.3, 0.4) is 0 Å². The summed E-state index contributed by atoms with van der Waals surface area (Å²) >= 11 is 0. The number of hydrogen-bond acceptors (Lipinski definition) is 5. The SMILES string of the molecule is CN1C(=O)C(c2cc(C#N)c(C#N)cc2C#N)C(c2cccn2C)C1=O. The van der Waals surface area contributed by atoms with Gasteiger partial charge in [0.25, 0.3) is 0 Å². The predicted molar refractivity (Wildman–Crippen MR) is 89.3 cm³/mol. The van der Waals surface area contributed by atoms with Crippen molar-refractivity contribution in [1.29, 1.82) is 15.8 Å². The van der Waals surface area contributed by atoms with Crippen LogP contribution in [0.4, 0.5) is 0 Å². The molecule has 1 fully saturated rings. The minimum absolute atomic E-state index is 0.0633. The molecule has 0 bridgehead atoms. The molecule has 2 heterocycles. The zero-order chi connectivity index (χ0) is 19.0. The number of likely N-dealkylation sites (N-methyl/N-ethyl adjacent to an activating group) is 1. The van der Waals surface area contributed by atoms with Crippen molar-refractivity contribution in [3.8, 4) is 18.2 Å². The molecule has 2 aromatic rings. The Kier molecular flexibility index (Phi) is 4.04. The summed E-state index contributed by atoms with van der Waals surface area (Å²) in [7, 11) is 3.18. The summed E-state index contributed by atoms with van der Waals surface area (Å²) in [6.45, 7) is 0. The van der Waals surface area contributed by atoms with Gasteiger partial charge in [-0.05, 0) is 29.8 Å². The molecule has 7 nitrogen and oxygen atoms in total. The van der Waals surface area contributed by atoms with Crippen LogP contribution < -0.4 is 0 Å². The summed E-state index contributed by atoms with van der Waals surface area (Å²) in [5.74, 6) is -2.52. The van der Waals surface area contributed by atoms with Crippen LogP contribution in [-0.2, 0) is 16.6 Å². The molecule has 1 aromatic heterocycles. The van der Waals surface area contributed by atoms with Crippen molar-refractivity contribution >= 4 is 11.8 Å². The standard InChI is InChI=1S/C19H13N5O2/c1-23-5-3-4-15(23)17-16(18(25)24(2)19(17)26)14-7-12(9-21)11(8-20)6-13(14)10-22/h3-7,16-17H,1-2H3. The third-order valence-corrected chi connectivity index (χ3v) is 4.72. The van der Waals surface area contributed by atoms with Crippen molar-refractivity contribution in [3.05, 3.63) is 58.4 Å². The first-order chi connectivity index (χ1) is 12.4. The van der Waals surface area contributed by atoms with Gasteiger partial charge in [-0.25, -0.2) is 0 Å². The Morgan fingerprint density at radius 1 is 0.885 bits per heavy atom. The first-order valence-electron chi connectivity index (χ1n) is 7.75. The van der Waals surface area contributed by atoms with Gasteiger partial charge in [0.2, 0.25) is 11.8 Å². The van der Waals surface area contributed by atoms with Crippen molar-refractivity contribution in [3.63, 3.8) is 0 Å². The zero-order valence-electron chi connectivity index (χ0n) is 14.1. The highest BCUT2D eigenvalue weighted by Gasteiger charge is 2.49. The third-order valence-electron chi connectivity index (χ3n) is 4.72. The van der Waals surface area contributed by atoms with Crippen LogP contribution in [0.1, 0.15) is 39.8 Å². The number of aryl methyl sites for hydroxylation is 1. The second-order valence-corrected chi connectivity index (χ2v) is 6.06. The van der Waals surface area contributed by atoms with Crippen LogP contribution >= 0.6 is 0 Å². The summed E-state index contributed by atoms with van der Waals surface area (Å²) in [5, 5.41) is 27.9. The maximum Gasteiger partial charge on any atom is 0.239 e. The number of rotatable bonds is 2. The lowest BCUT2D eigenvalue weighted by Gasteiger charge is -2.18. The minimum Gasteiger partial charge on any atom is -0.354 e. The number of nitrogens with zero attached hydrogens (tertiary/aromatic N) is 5. The van der Waals surface area contributed by atoms with E-state index in [-0.39, 0.29) is 28.2 Å². The minimum atomic E-state index is -0.921. The normalized spacial score (nSPS) is 19.1. The molecular weight excluding hydrogens is 330 g/mol. The Bertz CT molecular complexity index is 1060. The van der Waals surface area contributed by atoms with Crippen molar-refractivity contribution in [1.82, 2.24) is 9.47 Å². The van der Waals surface area contributed by atoms with Gasteiger partial charge in [0.05, 0.1) is 34.6 Å². The molecule has 7 heteroatoms. The van der Waals surface area contributed by atoms with Gasteiger partial charge in [0.1, 0.15) is 12.1 Å². The molecule has 1 saturated heterocycles. The molecule has 2 atom stereocenters. The van der Waals surface area contributed by atoms with Crippen molar-refractivity contribution in [2.75, 3.05) is 7.05 Å². The summed E-state index contributed by atoms with van der Waals surface area (Å²) in [4.78, 5) is 26.6. The summed E-state index contributed by atoms with van der Waals surface area (Å²) in [6, 6.07) is 12.0. The summed E-state index contributed by atoms with van der Waals surface area (Å²) in [6.07, 6.45) is 1.77. The Morgan fingerprint density at radius 3 is 2.00 bits per heavy atom. The lowest BCUT2D eigenvalue weighted by Crippen LogP contribution is -2.26. The van der Waals surface area contributed by atoms with Gasteiger partial charge < -0.3 is 4.57 Å². The van der Waals surface area contributed by atoms with Crippen LogP contribution in [0.2, 0.25) is 0 Å². The fraction of sp³-hybridized carbons (Fsp3) is 0.211. The molecule has 0 saturated carbocycles. The monoisotopic (exact) mass is 343 g/mol. The molecule has 0 aliphatic carbocycles. The van der Waals surface area contributed by atoms with E-state index in [9.17, 15) is 20.1 Å². The maximum atomic E-state index is 12.8. The molecule has 1 aromatic carbocycles. The van der Waals surface area contributed by atoms with Crippen LogP contribution in [-0.4, -0.2) is 28.3 Å². The van der Waals surface area contributed by atoms with Gasteiger partial charge in [0, 0.05) is 26.0 Å². The predicted octanol–water partition coefficient (Wildman–Crippen LogP) is 1.51. The number of carbonyl (C=O) groups excluding carboxylic acids is 2. The fourth-order valence-corrected chi connectivity index (χ4v) is 3.37. The topological polar surface area (TPSA) is 114 Å². The van der Waals surface area contributed by atoms with Crippen LogP contribution in [0.15, 0.2) is 30.5 Å². The van der Waals surface area contributed by atoms with Gasteiger partial charge in [-0.1, -0.05) is 0 Å². The Labute approximate surface area is 149 Å². The molecule has 1 aliphatic heterocycles. The molecule has 2 unspecified atom stereocenters. The molecule has 2 amide bonds. The number of carbonyl (C=O) groups is 2. The van der Waals surface area contributed by atoms with E-state index in [2.05, 4.69) is 0 Å². The first-order valence-corrected chi connectivity index (χ1v) is 7.75. The lowest BCUT2D eigenvalue weighted by atomic mass is 9.82. The third kappa shape index (κ3) is 2.33. The van der Waals surface area contributed by atoms with E-state index >= 15 is 0 Å². The smallest absolute Gasteiger partial charge is 0.239 e. The molecule has 26 heavy (non-hydrogen) atoms. The van der Waals surface area contributed by atoms with Crippen LogP contribution in [0, 0.1) is 34.0 Å². The summed E-state index contributed by atoms with van der Waals surface area (Å²) in [5.41, 5.74) is 1.18. The average molecular weight is 343 g/mol. The van der Waals surface area contributed by atoms with Gasteiger partial charge >= 0.3 is 0 Å². The zero-order valence-corrected chi connectivity index (χ0v) is 14.1. The maximum absolute atomic E-state index is 12.8. The van der Waals surface area contributed by atoms with E-state index in [1.165, 1.54) is 19.2 Å². The number of benzene rings is 1. The highest BCUT2D eigenvalue weighted by Crippen LogP contribution is 2.42. The van der Waals surface area contributed by atoms with Gasteiger partial charge in [-0.2, -0.15) is 15.8 Å². The van der Waals surface area contributed by atoms with E-state index in [1.54, 1.807) is 29.9 Å². The van der Waals surface area contributed by atoms with Crippen molar-refractivity contribution in [2.45, 2.75) is 11.8 Å².